The van der Waals surface area contributed by atoms with Crippen LogP contribution in [0.4, 0.5) is 0 Å². The normalized spacial score (nSPS) is 10.9. The Balaban J connectivity index is 2.03. The van der Waals surface area contributed by atoms with E-state index >= 15 is 0 Å². The quantitative estimate of drug-likeness (QED) is 0.0546. The molecule has 22 heteroatoms. The Morgan fingerprint density at radius 3 is 1.07 bits per heavy atom. The summed E-state index contributed by atoms with van der Waals surface area (Å²) in [6.45, 7) is 0.396. The van der Waals surface area contributed by atoms with Gasteiger partial charge in [-0.1, -0.05) is 60.7 Å². The Kier molecular flexibility index (Phi) is 33.1. The first kappa shape index (κ1) is 64.2. The molecule has 412 valence electrons. The minimum atomic E-state index is -1.19. The Bertz CT molecular complexity index is 2020. The van der Waals surface area contributed by atoms with Crippen LogP contribution in [0.25, 0.3) is 0 Å². The predicted octanol–water partition coefficient (Wildman–Crippen LogP) is 2.13. The van der Waals surface area contributed by atoms with Crippen LogP contribution in [-0.4, -0.2) is 149 Å². The highest BCUT2D eigenvalue weighted by Gasteiger charge is 2.33. The Morgan fingerprint density at radius 1 is 0.360 bits per heavy atom. The van der Waals surface area contributed by atoms with Gasteiger partial charge in [-0.2, -0.15) is 0 Å². The third-order valence-corrected chi connectivity index (χ3v) is 10.7. The van der Waals surface area contributed by atoms with Gasteiger partial charge in [0.2, 0.25) is 23.6 Å². The third-order valence-electron chi connectivity index (χ3n) is 10.7. The highest BCUT2D eigenvalue weighted by molar-refractivity contribution is 5.90. The van der Waals surface area contributed by atoms with Gasteiger partial charge < -0.3 is 54.5 Å². The molecule has 0 aliphatic heterocycles. The fourth-order valence-corrected chi connectivity index (χ4v) is 6.36. The largest absolute Gasteiger partial charge is 0.460 e. The van der Waals surface area contributed by atoms with Gasteiger partial charge >= 0.3 is 11.9 Å². The molecule has 0 saturated heterocycles. The lowest BCUT2D eigenvalue weighted by atomic mass is 9.92. The summed E-state index contributed by atoms with van der Waals surface area (Å²) < 4.78 is 34.1. The molecule has 75 heavy (non-hydrogen) atoms. The molecule has 0 aliphatic carbocycles. The van der Waals surface area contributed by atoms with Crippen LogP contribution in [0.3, 0.4) is 0 Å². The maximum atomic E-state index is 12.8. The van der Waals surface area contributed by atoms with Gasteiger partial charge in [-0.3, -0.25) is 52.7 Å². The first-order chi connectivity index (χ1) is 35.9. The van der Waals surface area contributed by atoms with E-state index in [1.54, 1.807) is 48.5 Å². The summed E-state index contributed by atoms with van der Waals surface area (Å²) in [5, 5.41) is 9.77. The van der Waals surface area contributed by atoms with Crippen LogP contribution in [0.2, 0.25) is 0 Å². The molecule has 0 heterocycles. The minimum Gasteiger partial charge on any atom is -0.460 e. The maximum Gasteiger partial charge on any atom is 0.325 e. The first-order valence-electron chi connectivity index (χ1n) is 24.8. The second kappa shape index (κ2) is 38.7. The molecule has 0 unspecified atom stereocenters. The molecular formula is C53H72N4O18. The van der Waals surface area contributed by atoms with Crippen molar-refractivity contribution < 1.29 is 86.0 Å². The first-order valence-corrected chi connectivity index (χ1v) is 24.8. The zero-order chi connectivity index (χ0) is 55.1. The minimum absolute atomic E-state index is 0.0135. The average Bonchev–Trinajstić information content (AvgIpc) is 3.40. The maximum absolute atomic E-state index is 12.8. The molecular weight excluding hydrogens is 981 g/mol. The summed E-state index contributed by atoms with van der Waals surface area (Å²) in [7, 11) is 0. The van der Waals surface area contributed by atoms with Crippen LogP contribution in [0.15, 0.2) is 60.7 Å². The van der Waals surface area contributed by atoms with E-state index in [4.69, 9.17) is 28.4 Å². The van der Waals surface area contributed by atoms with Gasteiger partial charge in [-0.05, 0) is 25.0 Å². The lowest BCUT2D eigenvalue weighted by Crippen LogP contribution is -2.42. The number of ether oxygens (including phenoxy) is 6. The molecule has 4 amide bonds. The number of ketones is 6. The second-order valence-corrected chi connectivity index (χ2v) is 17.7. The zero-order valence-corrected chi connectivity index (χ0v) is 43.0. The van der Waals surface area contributed by atoms with Crippen LogP contribution >= 0.6 is 0 Å². The fourth-order valence-electron chi connectivity index (χ4n) is 6.36. The van der Waals surface area contributed by atoms with E-state index in [0.717, 1.165) is 11.1 Å². The van der Waals surface area contributed by atoms with E-state index in [2.05, 4.69) is 21.3 Å². The molecule has 0 spiro atoms. The number of hydrogen-bond donors (Lipinski definition) is 4. The molecule has 4 N–H and O–H groups in total. The van der Waals surface area contributed by atoms with Crippen molar-refractivity contribution in [2.45, 2.75) is 104 Å². The second-order valence-electron chi connectivity index (χ2n) is 17.7. The molecule has 0 radical (unpaired) electrons. The van der Waals surface area contributed by atoms with Gasteiger partial charge in [0, 0.05) is 77.0 Å². The molecule has 0 fully saturated rings. The number of nitrogens with one attached hydrogen (secondary N) is 4. The van der Waals surface area contributed by atoms with Crippen LogP contribution in [0.1, 0.15) is 102 Å². The SMILES string of the molecule is CC(=O)CCC(=O)CNC(=O)CCOCC(COCCC(=O)CCC(=O)NCC(C)=O)(COCCC(=O)CCC(=O)NCC(=O)OCc1ccccc1)COCCC(=O)CCC(=O)NCC(=O)OCc1ccccc1. The van der Waals surface area contributed by atoms with Crippen molar-refractivity contribution in [3.05, 3.63) is 71.8 Å². The van der Waals surface area contributed by atoms with Crippen molar-refractivity contribution in [2.75, 3.05) is 79.0 Å². The average molecular weight is 1050 g/mol. The fraction of sp³-hybridized carbons (Fsp3) is 0.547. The van der Waals surface area contributed by atoms with Crippen LogP contribution < -0.4 is 21.3 Å². The molecule has 22 nitrogen and oxygen atoms in total. The molecule has 2 aromatic carbocycles. The Morgan fingerprint density at radius 2 is 0.693 bits per heavy atom. The summed E-state index contributed by atoms with van der Waals surface area (Å²) in [4.78, 5) is 146. The topological polar surface area (TPSA) is 308 Å². The number of rotatable bonds is 44. The molecule has 0 aromatic heterocycles. The number of carbonyl (C=O) groups excluding carboxylic acids is 12. The summed E-state index contributed by atoms with van der Waals surface area (Å²) in [6.07, 6.45) is -1.35. The van der Waals surface area contributed by atoms with Crippen LogP contribution in [-0.2, 0) is 99.2 Å². The van der Waals surface area contributed by atoms with Gasteiger partial charge in [0.05, 0.1) is 71.4 Å². The van der Waals surface area contributed by atoms with E-state index in [-0.39, 0.29) is 204 Å². The van der Waals surface area contributed by atoms with Crippen LogP contribution in [0, 0.1) is 5.41 Å². The van der Waals surface area contributed by atoms with Gasteiger partial charge in [0.15, 0.2) is 5.78 Å². The predicted molar refractivity (Wildman–Crippen MR) is 267 cm³/mol. The standard InChI is InChI=1S/C53H72N4O18/c1-39(58)13-14-46(63)30-55-50(67)24-28-73-38-53(35-70-25-21-43(60)15-18-47(64)54-29-40(2)59,36-71-26-22-44(61)16-19-48(65)56-31-51(68)74-33-41-9-5-3-6-10-41)37-72-27-23-45(62)17-20-49(66)57-32-52(69)75-34-42-11-7-4-8-12-42/h3-12H,13-38H2,1-2H3,(H,54,64)(H,55,67)(H,56,65)(H,57,66). The zero-order valence-electron chi connectivity index (χ0n) is 43.0. The molecule has 0 bridgehead atoms. The van der Waals surface area contributed by atoms with E-state index in [9.17, 15) is 57.5 Å². The van der Waals surface area contributed by atoms with Gasteiger partial charge in [0.25, 0.3) is 0 Å². The summed E-state index contributed by atoms with van der Waals surface area (Å²) in [5.41, 5.74) is 0.366. The van der Waals surface area contributed by atoms with Crippen molar-refractivity contribution in [3.63, 3.8) is 0 Å². The molecule has 2 rings (SSSR count). The van der Waals surface area contributed by atoms with Crippen LogP contribution in [0.5, 0.6) is 0 Å². The number of carbonyl (C=O) groups is 12. The van der Waals surface area contributed by atoms with Crippen molar-refractivity contribution in [1.82, 2.24) is 21.3 Å². The number of amides is 4. The number of hydrogen-bond acceptors (Lipinski definition) is 18. The third kappa shape index (κ3) is 34.3. The lowest BCUT2D eigenvalue weighted by Gasteiger charge is -2.33. The van der Waals surface area contributed by atoms with Gasteiger partial charge in [0.1, 0.15) is 55.2 Å². The summed E-state index contributed by atoms with van der Waals surface area (Å²) in [6, 6.07) is 18.0. The van der Waals surface area contributed by atoms with Crippen molar-refractivity contribution >= 4 is 70.3 Å². The smallest absolute Gasteiger partial charge is 0.325 e. The Hall–Kier alpha value is -6.88. The molecule has 0 atom stereocenters. The number of esters is 2. The molecule has 2 aromatic rings. The van der Waals surface area contributed by atoms with Crippen molar-refractivity contribution in [2.24, 2.45) is 5.41 Å². The van der Waals surface area contributed by atoms with E-state index in [1.807, 2.05) is 12.1 Å². The molecule has 0 saturated carbocycles. The van der Waals surface area contributed by atoms with Crippen molar-refractivity contribution in [3.8, 4) is 0 Å². The van der Waals surface area contributed by atoms with E-state index in [0.29, 0.717) is 0 Å². The Labute approximate surface area is 436 Å². The van der Waals surface area contributed by atoms with Gasteiger partial charge in [-0.15, -0.1) is 0 Å². The highest BCUT2D eigenvalue weighted by atomic mass is 16.5. The summed E-state index contributed by atoms with van der Waals surface area (Å²) >= 11 is 0. The monoisotopic (exact) mass is 1050 g/mol. The number of benzene rings is 2. The van der Waals surface area contributed by atoms with Crippen molar-refractivity contribution in [1.29, 1.82) is 0 Å². The molecule has 0 aliphatic rings. The highest BCUT2D eigenvalue weighted by Crippen LogP contribution is 2.22. The summed E-state index contributed by atoms with van der Waals surface area (Å²) in [5.74, 6) is -4.98. The number of Topliss-reactive ketones (excluding diaryl/α,β-unsaturated/α-hetero) is 6. The van der Waals surface area contributed by atoms with Gasteiger partial charge in [-0.25, -0.2) is 0 Å². The van der Waals surface area contributed by atoms with E-state index < -0.39 is 41.0 Å². The van der Waals surface area contributed by atoms with E-state index in [1.165, 1.54) is 13.8 Å². The lowest BCUT2D eigenvalue weighted by molar-refractivity contribution is -0.145.